The van der Waals surface area contributed by atoms with Crippen molar-refractivity contribution in [3.8, 4) is 0 Å². The third-order valence-corrected chi connectivity index (χ3v) is 4.03. The van der Waals surface area contributed by atoms with Crippen molar-refractivity contribution >= 4 is 24.4 Å². The number of anilines is 1. The number of H-pyrrole nitrogens is 2. The highest BCUT2D eigenvalue weighted by atomic mass is 16.1. The predicted octanol–water partition coefficient (Wildman–Crippen LogP) is 0.0350. The van der Waals surface area contributed by atoms with E-state index in [4.69, 9.17) is 0 Å². The molecule has 4 N–H and O–H groups in total. The van der Waals surface area contributed by atoms with E-state index in [0.717, 1.165) is 25.3 Å². The zero-order chi connectivity index (χ0) is 18.2. The lowest BCUT2D eigenvalue weighted by Gasteiger charge is -2.17. The van der Waals surface area contributed by atoms with E-state index in [9.17, 15) is 9.59 Å². The molecule has 0 aliphatic rings. The molecular weight excluding hydrogens is 318 g/mol. The smallest absolute Gasteiger partial charge is 0.273 e. The Bertz CT molecular complexity index is 816. The van der Waals surface area contributed by atoms with Crippen LogP contribution in [0.1, 0.15) is 24.2 Å². The van der Waals surface area contributed by atoms with E-state index >= 15 is 0 Å². The van der Waals surface area contributed by atoms with E-state index in [2.05, 4.69) is 46.2 Å². The highest BCUT2D eigenvalue weighted by molar-refractivity contribution is 5.94. The molecule has 2 aromatic rings. The summed E-state index contributed by atoms with van der Waals surface area (Å²) in [6.45, 7) is 11.3. The molecular formula is C18H25N5O2. The Morgan fingerprint density at radius 1 is 1.20 bits per heavy atom. The minimum atomic E-state index is -0.235. The summed E-state index contributed by atoms with van der Waals surface area (Å²) in [7, 11) is 0. The number of aromatic amines is 2. The third-order valence-electron chi connectivity index (χ3n) is 4.03. The van der Waals surface area contributed by atoms with Crippen LogP contribution in [0, 0.1) is 0 Å². The number of carbonyl (C=O) groups is 1. The van der Waals surface area contributed by atoms with E-state index in [-0.39, 0.29) is 11.5 Å². The van der Waals surface area contributed by atoms with Gasteiger partial charge in [-0.15, -0.1) is 0 Å². The maximum absolute atomic E-state index is 12.1. The average molecular weight is 343 g/mol. The van der Waals surface area contributed by atoms with Gasteiger partial charge in [-0.1, -0.05) is 20.4 Å². The fourth-order valence-electron chi connectivity index (χ4n) is 2.40. The van der Waals surface area contributed by atoms with Gasteiger partial charge in [0.15, 0.2) is 0 Å². The molecule has 0 radical (unpaired) electrons. The first-order valence-electron chi connectivity index (χ1n) is 8.38. The predicted molar refractivity (Wildman–Crippen MR) is 101 cm³/mol. The van der Waals surface area contributed by atoms with Crippen molar-refractivity contribution < 1.29 is 4.79 Å². The third kappa shape index (κ3) is 5.09. The summed E-state index contributed by atoms with van der Waals surface area (Å²) in [4.78, 5) is 25.9. The first-order chi connectivity index (χ1) is 12.0. The minimum absolute atomic E-state index is 0.0928. The highest BCUT2D eigenvalue weighted by Crippen LogP contribution is 2.09. The van der Waals surface area contributed by atoms with E-state index in [0.29, 0.717) is 22.7 Å². The molecule has 0 bridgehead atoms. The highest BCUT2D eigenvalue weighted by Gasteiger charge is 2.05. The van der Waals surface area contributed by atoms with Crippen LogP contribution in [0.5, 0.6) is 0 Å². The molecule has 1 heterocycles. The molecule has 0 unspecified atom stereocenters. The van der Waals surface area contributed by atoms with E-state index in [1.165, 1.54) is 0 Å². The number of amides is 1. The largest absolute Gasteiger partial charge is 0.361 e. The number of rotatable bonds is 8. The van der Waals surface area contributed by atoms with Crippen molar-refractivity contribution in [2.24, 2.45) is 0 Å². The molecule has 1 aromatic heterocycles. The van der Waals surface area contributed by atoms with Crippen molar-refractivity contribution in [2.45, 2.75) is 13.8 Å². The molecule has 2 rings (SSSR count). The molecule has 134 valence electrons. The van der Waals surface area contributed by atoms with Crippen LogP contribution in [-0.2, 0) is 0 Å². The topological polar surface area (TPSA) is 93.0 Å². The lowest BCUT2D eigenvalue weighted by atomic mass is 10.2. The fraction of sp³-hybridized carbons (Fsp3) is 0.333. The second-order valence-electron chi connectivity index (χ2n) is 5.62. The zero-order valence-corrected chi connectivity index (χ0v) is 14.7. The Morgan fingerprint density at radius 2 is 1.88 bits per heavy atom. The van der Waals surface area contributed by atoms with Crippen LogP contribution in [0.4, 0.5) is 5.69 Å². The molecule has 1 aromatic carbocycles. The second kappa shape index (κ2) is 8.89. The van der Waals surface area contributed by atoms with Crippen molar-refractivity contribution in [3.05, 3.63) is 50.8 Å². The lowest BCUT2D eigenvalue weighted by Crippen LogP contribution is -2.34. The number of carbonyl (C=O) groups excluding carboxylic acids is 1. The summed E-state index contributed by atoms with van der Waals surface area (Å²) in [6.07, 6.45) is 1.58. The monoisotopic (exact) mass is 343 g/mol. The molecule has 0 aliphatic heterocycles. The van der Waals surface area contributed by atoms with Crippen molar-refractivity contribution in [1.29, 1.82) is 0 Å². The molecule has 0 spiro atoms. The molecule has 0 atom stereocenters. The Balaban J connectivity index is 1.93. The van der Waals surface area contributed by atoms with Crippen LogP contribution in [0.2, 0.25) is 0 Å². The maximum Gasteiger partial charge on any atom is 0.273 e. The van der Waals surface area contributed by atoms with Crippen molar-refractivity contribution in [1.82, 2.24) is 20.4 Å². The first kappa shape index (κ1) is 18.5. The first-order valence-corrected chi connectivity index (χ1v) is 8.38. The molecule has 7 heteroatoms. The summed E-state index contributed by atoms with van der Waals surface area (Å²) in [6, 6.07) is 7.07. The number of benzene rings is 1. The van der Waals surface area contributed by atoms with Crippen LogP contribution in [0.25, 0.3) is 12.8 Å². The lowest BCUT2D eigenvalue weighted by molar-refractivity contribution is 0.0949. The number of nitrogens with one attached hydrogen (secondary N) is 4. The van der Waals surface area contributed by atoms with Gasteiger partial charge in [-0.2, -0.15) is 0 Å². The number of nitrogens with zero attached hydrogens (tertiary/aromatic N) is 1. The van der Waals surface area contributed by atoms with Crippen molar-refractivity contribution in [3.63, 3.8) is 0 Å². The Morgan fingerprint density at radius 3 is 2.44 bits per heavy atom. The summed E-state index contributed by atoms with van der Waals surface area (Å²) < 4.78 is 0. The van der Waals surface area contributed by atoms with Crippen LogP contribution in [0.3, 0.4) is 0 Å². The van der Waals surface area contributed by atoms with Gasteiger partial charge >= 0.3 is 0 Å². The molecule has 25 heavy (non-hydrogen) atoms. The van der Waals surface area contributed by atoms with Gasteiger partial charge in [0.05, 0.1) is 10.6 Å². The number of likely N-dealkylation sites (N-methyl/N-ethyl adjacent to an activating group) is 1. The van der Waals surface area contributed by atoms with Crippen molar-refractivity contribution in [2.75, 3.05) is 31.5 Å². The van der Waals surface area contributed by atoms with Crippen LogP contribution in [0.15, 0.2) is 29.1 Å². The number of aromatic nitrogens is 2. The van der Waals surface area contributed by atoms with Crippen LogP contribution < -0.4 is 26.8 Å². The van der Waals surface area contributed by atoms with E-state index in [1.807, 2.05) is 0 Å². The SMILES string of the molecule is C=c1[nH][nH]c(=O)/c1=C\Nc1ccc(C(=O)NCCN(CC)CC)cc1. The number of hydrogen-bond acceptors (Lipinski definition) is 4. The van der Waals surface area contributed by atoms with Gasteiger partial charge in [-0.3, -0.25) is 19.8 Å². The molecule has 0 saturated carbocycles. The molecule has 7 nitrogen and oxygen atoms in total. The van der Waals surface area contributed by atoms with Gasteiger partial charge in [0.1, 0.15) is 0 Å². The maximum atomic E-state index is 12.1. The van der Waals surface area contributed by atoms with Gasteiger partial charge in [-0.05, 0) is 37.4 Å². The minimum Gasteiger partial charge on any atom is -0.361 e. The molecule has 0 fully saturated rings. The van der Waals surface area contributed by atoms with E-state index < -0.39 is 0 Å². The van der Waals surface area contributed by atoms with E-state index in [1.54, 1.807) is 30.5 Å². The Hall–Kier alpha value is -2.80. The fourth-order valence-corrected chi connectivity index (χ4v) is 2.40. The Kier molecular flexibility index (Phi) is 6.59. The van der Waals surface area contributed by atoms with Crippen LogP contribution in [-0.4, -0.2) is 47.2 Å². The summed E-state index contributed by atoms with van der Waals surface area (Å²) in [5.41, 5.74) is 1.14. The standard InChI is InChI=1S/C18H25N5O2/c1-4-23(5-2)11-10-19-17(24)14-6-8-15(9-7-14)20-12-16-13(3)21-22-18(16)25/h6-9,12,20-21H,3-5,10-11H2,1-2H3,(H,19,24)(H,22,25)/b16-12-. The molecule has 0 aliphatic carbocycles. The zero-order valence-electron chi connectivity index (χ0n) is 14.7. The van der Waals surface area contributed by atoms with Gasteiger partial charge in [0, 0.05) is 30.5 Å². The van der Waals surface area contributed by atoms with Gasteiger partial charge in [0.25, 0.3) is 11.5 Å². The average Bonchev–Trinajstić information content (AvgIpc) is 2.95. The van der Waals surface area contributed by atoms with Gasteiger partial charge < -0.3 is 15.5 Å². The normalized spacial score (nSPS) is 11.7. The Labute approximate surface area is 146 Å². The number of hydrogen-bond donors (Lipinski definition) is 4. The quantitative estimate of drug-likeness (QED) is 0.544. The molecule has 1 amide bonds. The summed E-state index contributed by atoms with van der Waals surface area (Å²) in [5, 5.41) is 12.0. The second-order valence-corrected chi connectivity index (χ2v) is 5.62. The van der Waals surface area contributed by atoms with Gasteiger partial charge in [0.2, 0.25) is 0 Å². The van der Waals surface area contributed by atoms with Crippen LogP contribution >= 0.6 is 0 Å². The summed E-state index contributed by atoms with van der Waals surface area (Å²) in [5.74, 6) is -0.0928. The van der Waals surface area contributed by atoms with Gasteiger partial charge in [-0.25, -0.2) is 0 Å². The summed E-state index contributed by atoms with van der Waals surface area (Å²) >= 11 is 0. The molecule has 0 saturated heterocycles.